The first-order chi connectivity index (χ1) is 2.00. The molecule has 0 spiro atoms. The van der Waals surface area contributed by atoms with E-state index in [-0.39, 0.29) is 19.5 Å². The minimum absolute atomic E-state index is 0. The van der Waals surface area contributed by atoms with Gasteiger partial charge in [-0.15, -0.1) is 0 Å². The summed E-state index contributed by atoms with van der Waals surface area (Å²) in [5.41, 5.74) is 0. The molecule has 3 nitrogen and oxygen atoms in total. The molecule has 6 heavy (non-hydrogen) atoms. The zero-order chi connectivity index (χ0) is 4.50. The number of rotatable bonds is 0. The third-order valence-corrected chi connectivity index (χ3v) is 0. The fraction of sp³-hybridized carbons (Fsp3) is 0. The molecule has 0 radical (unpaired) electrons. The van der Waals surface area contributed by atoms with Gasteiger partial charge in [-0.1, -0.05) is 0 Å². The molecule has 40 valence electrons. The molecule has 0 aromatic carbocycles. The number of hydrogen-bond acceptors (Lipinski definition) is 3. The second-order valence-electron chi connectivity index (χ2n) is 0.604. The second-order valence-corrected chi connectivity index (χ2v) is 3.93. The van der Waals surface area contributed by atoms with Crippen LogP contribution in [-0.2, 0) is 19.5 Å². The van der Waals surface area contributed by atoms with Crippen molar-refractivity contribution in [2.75, 3.05) is 0 Å². The molecule has 0 saturated heterocycles. The Labute approximate surface area is 51.2 Å². The van der Waals surface area contributed by atoms with Crippen molar-refractivity contribution in [3.05, 3.63) is 0 Å². The van der Waals surface area contributed by atoms with Crippen LogP contribution in [0.25, 0.3) is 0 Å². The molecule has 1 unspecified atom stereocenters. The van der Waals surface area contributed by atoms with Crippen LogP contribution >= 0.6 is 16.6 Å². The minimum Gasteiger partial charge on any atom is 3.00 e. The molecular weight excluding hydrogens is 213 g/mol. The van der Waals surface area contributed by atoms with Crippen molar-refractivity contribution < 1.29 is 34.2 Å². The van der Waals surface area contributed by atoms with E-state index in [1.54, 1.807) is 0 Å². The maximum absolute atomic E-state index is 9.09. The molecule has 0 aromatic rings. The Morgan fingerprint density at radius 3 is 1.17 bits per heavy atom. The summed E-state index contributed by atoms with van der Waals surface area (Å²) >= 11 is 0. The molecule has 0 amide bonds. The molecule has 0 rings (SSSR count). The molecule has 0 saturated carbocycles. The summed E-state index contributed by atoms with van der Waals surface area (Å²) < 4.78 is 0. The molecule has 6 heteroatoms. The first kappa shape index (κ1) is 10.4. The Morgan fingerprint density at radius 1 is 1.17 bits per heavy atom. The molecule has 0 aromatic heterocycles. The molecule has 0 aliphatic rings. The van der Waals surface area contributed by atoms with E-state index in [4.69, 9.17) is 14.7 Å². The molecule has 1 atom stereocenters. The largest absolute Gasteiger partial charge is 3.00 e. The number of hydrogen-bond donors (Lipinski definition) is 0. The van der Waals surface area contributed by atoms with E-state index in [0.29, 0.717) is 0 Å². The summed E-state index contributed by atoms with van der Waals surface area (Å²) in [6, 6.07) is 0. The Balaban J connectivity index is 0. The van der Waals surface area contributed by atoms with E-state index in [1.807, 2.05) is 0 Å². The van der Waals surface area contributed by atoms with Crippen molar-refractivity contribution in [1.82, 2.24) is 0 Å². The van der Waals surface area contributed by atoms with Crippen molar-refractivity contribution in [2.45, 2.75) is 0 Å². The topological polar surface area (TPSA) is 69.2 Å². The molecular formula is H3O3P2Rh. The maximum Gasteiger partial charge on any atom is 3.00 e. The van der Waals surface area contributed by atoms with Crippen LogP contribution in [0.15, 0.2) is 0 Å². The molecule has 0 N–H and O–H groups in total. The van der Waals surface area contributed by atoms with Crippen LogP contribution < -0.4 is 14.7 Å². The van der Waals surface area contributed by atoms with Crippen LogP contribution in [0.4, 0.5) is 0 Å². The van der Waals surface area contributed by atoms with E-state index in [1.165, 1.54) is 8.93 Å². The van der Waals surface area contributed by atoms with Gasteiger partial charge in [0.15, 0.2) is 0 Å². The predicted octanol–water partition coefficient (Wildman–Crippen LogP) is -2.65. The van der Waals surface area contributed by atoms with Gasteiger partial charge in [0.1, 0.15) is 0 Å². The zero-order valence-electron chi connectivity index (χ0n) is 2.64. The Hall–Kier alpha value is 1.36. The molecule has 0 fully saturated rings. The van der Waals surface area contributed by atoms with Gasteiger partial charge in [-0.25, -0.2) is 0 Å². The fourth-order valence-electron chi connectivity index (χ4n) is 0. The molecule has 0 heterocycles. The van der Waals surface area contributed by atoms with E-state index in [0.717, 1.165) is 0 Å². The van der Waals surface area contributed by atoms with Crippen LogP contribution in [0.1, 0.15) is 0 Å². The second kappa shape index (κ2) is 3.38. The normalized spacial score (nSPS) is 12.7. The van der Waals surface area contributed by atoms with Crippen LogP contribution in [0, 0.1) is 0 Å². The van der Waals surface area contributed by atoms with Crippen LogP contribution in [-0.4, -0.2) is 0 Å². The van der Waals surface area contributed by atoms with Crippen molar-refractivity contribution in [1.29, 1.82) is 0 Å². The van der Waals surface area contributed by atoms with Gasteiger partial charge in [-0.2, -0.15) is 0 Å². The quantitative estimate of drug-likeness (QED) is 0.328. The summed E-state index contributed by atoms with van der Waals surface area (Å²) in [7, 11) is -3.26. The first-order valence-corrected chi connectivity index (χ1v) is 4.44. The van der Waals surface area contributed by atoms with Gasteiger partial charge < -0.3 is 0 Å². The SMILES string of the molecule is [O-][PH]([O-])([O-])P.[Rh+3]. The van der Waals surface area contributed by atoms with Crippen molar-refractivity contribution in [3.63, 3.8) is 0 Å². The predicted molar refractivity (Wildman–Crippen MR) is 18.0 cm³/mol. The smallest absolute Gasteiger partial charge is 3.00 e. The van der Waals surface area contributed by atoms with Crippen molar-refractivity contribution in [2.24, 2.45) is 0 Å². The van der Waals surface area contributed by atoms with E-state index < -0.39 is 7.63 Å². The van der Waals surface area contributed by atoms with Gasteiger partial charge in [0.2, 0.25) is 0 Å². The summed E-state index contributed by atoms with van der Waals surface area (Å²) in [5, 5.41) is 0. The third kappa shape index (κ3) is 54.9. The van der Waals surface area contributed by atoms with Crippen molar-refractivity contribution >= 4 is 16.6 Å². The van der Waals surface area contributed by atoms with Crippen LogP contribution in [0.3, 0.4) is 0 Å². The summed E-state index contributed by atoms with van der Waals surface area (Å²) in [4.78, 5) is 27.3. The van der Waals surface area contributed by atoms with E-state index >= 15 is 0 Å². The Morgan fingerprint density at radius 2 is 1.17 bits per heavy atom. The third-order valence-electron chi connectivity index (χ3n) is 0. The van der Waals surface area contributed by atoms with Crippen molar-refractivity contribution in [3.8, 4) is 0 Å². The van der Waals surface area contributed by atoms with E-state index in [9.17, 15) is 0 Å². The van der Waals surface area contributed by atoms with Gasteiger partial charge in [0, 0.05) is 0 Å². The van der Waals surface area contributed by atoms with Gasteiger partial charge >= 0.3 is 50.7 Å². The van der Waals surface area contributed by atoms with Gasteiger partial charge in [-0.05, 0) is 0 Å². The van der Waals surface area contributed by atoms with Crippen LogP contribution in [0.5, 0.6) is 0 Å². The summed E-state index contributed by atoms with van der Waals surface area (Å²) in [6.45, 7) is 0. The van der Waals surface area contributed by atoms with Gasteiger partial charge in [0.05, 0.1) is 0 Å². The zero-order valence-corrected chi connectivity index (χ0v) is 6.43. The summed E-state index contributed by atoms with van der Waals surface area (Å²) in [5.74, 6) is 0. The average Bonchev–Trinajstić information content (AvgIpc) is 0.722. The molecule has 0 aliphatic carbocycles. The molecule has 0 bridgehead atoms. The van der Waals surface area contributed by atoms with Gasteiger partial charge in [0.25, 0.3) is 0 Å². The fourth-order valence-corrected chi connectivity index (χ4v) is 0. The standard InChI is InChI=1S/H3O3P2.Rh/c1-5(2,3)4;/h5H,4H2;/q-3;+3. The van der Waals surface area contributed by atoms with Gasteiger partial charge in [-0.3, -0.25) is 0 Å². The molecule has 0 aliphatic heterocycles. The first-order valence-electron chi connectivity index (χ1n) is 0.901. The minimum atomic E-state index is -4.44. The maximum atomic E-state index is 9.09. The Kier molecular flexibility index (Phi) is 5.83. The summed E-state index contributed by atoms with van der Waals surface area (Å²) in [6.07, 6.45) is 0. The van der Waals surface area contributed by atoms with Crippen LogP contribution in [0.2, 0.25) is 0 Å². The van der Waals surface area contributed by atoms with E-state index in [2.05, 4.69) is 0 Å². The monoisotopic (exact) mass is 216 g/mol. The Bertz CT molecular complexity index is 24.3. The average molecular weight is 216 g/mol.